The third-order valence-electron chi connectivity index (χ3n) is 7.08. The van der Waals surface area contributed by atoms with Crippen molar-refractivity contribution in [2.24, 2.45) is 0 Å². The summed E-state index contributed by atoms with van der Waals surface area (Å²) in [6.07, 6.45) is 1.87. The van der Waals surface area contributed by atoms with E-state index < -0.39 is 30.8 Å². The number of aryl methyl sites for hydroxylation is 1. The van der Waals surface area contributed by atoms with Crippen molar-refractivity contribution in [2.45, 2.75) is 77.7 Å². The molecule has 0 radical (unpaired) electrons. The summed E-state index contributed by atoms with van der Waals surface area (Å²) in [7, 11) is 0. The van der Waals surface area contributed by atoms with Gasteiger partial charge in [0, 0.05) is 34.8 Å². The molecule has 0 saturated heterocycles. The molecule has 1 heterocycles. The molecule has 222 valence electrons. The van der Waals surface area contributed by atoms with Gasteiger partial charge < -0.3 is 10.4 Å². The highest BCUT2D eigenvalue weighted by Crippen LogP contribution is 2.36. The van der Waals surface area contributed by atoms with Gasteiger partial charge in [-0.3, -0.25) is 10.3 Å². The Hall–Kier alpha value is -3.37. The molecule has 7 nitrogen and oxygen atoms in total. The van der Waals surface area contributed by atoms with Crippen molar-refractivity contribution in [3.05, 3.63) is 82.2 Å². The molecule has 1 unspecified atom stereocenters. The SMILES string of the molecule is C=C/C=C\C(Cl)=C(/CC)c1nn(CNC(=O)N(CCC(F)(F)F)C(=N)c2ccc(CC)cc2)c2c1CC(C)(O)CC2. The molecule has 41 heavy (non-hydrogen) atoms. The number of carbonyl (C=O) groups excluding carboxylic acids is 1. The van der Waals surface area contributed by atoms with Crippen LogP contribution in [-0.2, 0) is 25.9 Å². The second-order valence-electron chi connectivity index (χ2n) is 10.3. The van der Waals surface area contributed by atoms with Crippen molar-refractivity contribution >= 4 is 29.0 Å². The third-order valence-corrected chi connectivity index (χ3v) is 7.43. The number of benzene rings is 1. The number of aliphatic hydroxyl groups is 1. The molecule has 3 rings (SSSR count). The van der Waals surface area contributed by atoms with Crippen LogP contribution in [0.3, 0.4) is 0 Å². The Bertz CT molecular complexity index is 1330. The number of nitrogens with one attached hydrogen (secondary N) is 2. The number of amides is 2. The average Bonchev–Trinajstić information content (AvgIpc) is 3.26. The predicted molar refractivity (Wildman–Crippen MR) is 156 cm³/mol. The van der Waals surface area contributed by atoms with Gasteiger partial charge in [-0.15, -0.1) is 0 Å². The van der Waals surface area contributed by atoms with Crippen molar-refractivity contribution in [1.82, 2.24) is 20.0 Å². The lowest BCUT2D eigenvalue weighted by atomic mass is 9.82. The van der Waals surface area contributed by atoms with E-state index in [0.717, 1.165) is 33.7 Å². The number of carbonyl (C=O) groups is 1. The maximum absolute atomic E-state index is 13.2. The largest absolute Gasteiger partial charge is 0.390 e. The molecule has 2 amide bonds. The van der Waals surface area contributed by atoms with Crippen LogP contribution in [-0.4, -0.2) is 50.0 Å². The minimum absolute atomic E-state index is 0.134. The van der Waals surface area contributed by atoms with E-state index in [0.29, 0.717) is 42.0 Å². The van der Waals surface area contributed by atoms with E-state index in [1.807, 2.05) is 13.8 Å². The van der Waals surface area contributed by atoms with Gasteiger partial charge in [-0.1, -0.05) is 68.4 Å². The summed E-state index contributed by atoms with van der Waals surface area (Å²) < 4.78 is 40.9. The monoisotopic (exact) mass is 591 g/mol. The topological polar surface area (TPSA) is 94.2 Å². The van der Waals surface area contributed by atoms with Crippen LogP contribution in [0.2, 0.25) is 0 Å². The van der Waals surface area contributed by atoms with Gasteiger partial charge in [0.25, 0.3) is 0 Å². The first-order valence-corrected chi connectivity index (χ1v) is 14.0. The van der Waals surface area contributed by atoms with Crippen molar-refractivity contribution in [3.8, 4) is 0 Å². The molecular weight excluding hydrogens is 555 g/mol. The number of rotatable bonds is 10. The fraction of sp³-hybridized carbons (Fsp3) is 0.433. The number of hydrogen-bond acceptors (Lipinski definition) is 4. The summed E-state index contributed by atoms with van der Waals surface area (Å²) in [6.45, 7) is 8.48. The Morgan fingerprint density at radius 1 is 1.32 bits per heavy atom. The van der Waals surface area contributed by atoms with Crippen LogP contribution in [0, 0.1) is 5.41 Å². The smallest absolute Gasteiger partial charge is 0.390 e. The number of urea groups is 1. The van der Waals surface area contributed by atoms with Gasteiger partial charge in [0.05, 0.1) is 17.7 Å². The summed E-state index contributed by atoms with van der Waals surface area (Å²) in [4.78, 5) is 14.0. The van der Waals surface area contributed by atoms with Gasteiger partial charge in [0.1, 0.15) is 12.5 Å². The molecule has 1 aliphatic carbocycles. The van der Waals surface area contributed by atoms with Crippen molar-refractivity contribution in [1.29, 1.82) is 5.41 Å². The number of amidine groups is 1. The van der Waals surface area contributed by atoms with Crippen LogP contribution in [0.5, 0.6) is 0 Å². The van der Waals surface area contributed by atoms with Crippen LogP contribution < -0.4 is 5.32 Å². The Labute approximate surface area is 243 Å². The van der Waals surface area contributed by atoms with E-state index in [4.69, 9.17) is 22.1 Å². The van der Waals surface area contributed by atoms with Crippen molar-refractivity contribution in [3.63, 3.8) is 0 Å². The van der Waals surface area contributed by atoms with E-state index >= 15 is 0 Å². The summed E-state index contributed by atoms with van der Waals surface area (Å²) in [5.74, 6) is -0.328. The zero-order chi connectivity index (χ0) is 30.4. The number of fused-ring (bicyclic) bond motifs is 1. The Morgan fingerprint density at radius 3 is 2.59 bits per heavy atom. The normalized spacial score (nSPS) is 17.7. The molecule has 1 aromatic carbocycles. The second kappa shape index (κ2) is 13.5. The van der Waals surface area contributed by atoms with E-state index in [9.17, 15) is 23.1 Å². The highest BCUT2D eigenvalue weighted by molar-refractivity contribution is 6.34. The van der Waals surface area contributed by atoms with Crippen LogP contribution in [0.4, 0.5) is 18.0 Å². The van der Waals surface area contributed by atoms with E-state index in [-0.39, 0.29) is 12.5 Å². The van der Waals surface area contributed by atoms with E-state index in [1.165, 1.54) is 0 Å². The highest BCUT2D eigenvalue weighted by Gasteiger charge is 2.34. The summed E-state index contributed by atoms with van der Waals surface area (Å²) >= 11 is 6.58. The Morgan fingerprint density at radius 2 is 2.00 bits per heavy atom. The lowest BCUT2D eigenvalue weighted by Crippen LogP contribution is -2.46. The molecular formula is C30H37ClF3N5O2. The zero-order valence-electron chi connectivity index (χ0n) is 23.6. The van der Waals surface area contributed by atoms with Gasteiger partial charge in [0.15, 0.2) is 0 Å². The van der Waals surface area contributed by atoms with Gasteiger partial charge in [-0.25, -0.2) is 9.48 Å². The fourth-order valence-corrected chi connectivity index (χ4v) is 5.07. The molecule has 1 aromatic heterocycles. The molecule has 0 spiro atoms. The van der Waals surface area contributed by atoms with Gasteiger partial charge in [-0.05, 0) is 49.8 Å². The molecule has 0 aliphatic heterocycles. The summed E-state index contributed by atoms with van der Waals surface area (Å²) in [5.41, 5.74) is 3.38. The molecule has 1 aliphatic rings. The highest BCUT2D eigenvalue weighted by atomic mass is 35.5. The van der Waals surface area contributed by atoms with Gasteiger partial charge >= 0.3 is 12.2 Å². The average molecular weight is 592 g/mol. The third kappa shape index (κ3) is 8.33. The van der Waals surface area contributed by atoms with Crippen LogP contribution in [0.1, 0.15) is 68.1 Å². The standard InChI is InChI=1S/C30H37ClF3N5O2/c1-5-8-9-24(31)22(7-3)26-23-18-29(4,41)15-14-25(23)39(37-26)19-36-28(40)38(17-16-30(32,33)34)27(35)21-12-10-20(6-2)11-13-21/h5,8-13,35,41H,1,6-7,14-19H2,2-4H3,(H,36,40)/b9-8-,24-22-,35-27?. The number of allylic oxidation sites excluding steroid dienone is 5. The maximum atomic E-state index is 13.2. The van der Waals surface area contributed by atoms with E-state index in [1.54, 1.807) is 54.1 Å². The van der Waals surface area contributed by atoms with Crippen molar-refractivity contribution in [2.75, 3.05) is 6.54 Å². The number of hydrogen-bond donors (Lipinski definition) is 3. The lowest BCUT2D eigenvalue weighted by molar-refractivity contribution is -0.135. The van der Waals surface area contributed by atoms with Gasteiger partial charge in [0.2, 0.25) is 0 Å². The fourth-order valence-electron chi connectivity index (χ4n) is 4.78. The van der Waals surface area contributed by atoms with E-state index in [2.05, 4.69) is 11.9 Å². The second-order valence-corrected chi connectivity index (χ2v) is 10.7. The number of alkyl halides is 3. The summed E-state index contributed by atoms with van der Waals surface area (Å²) in [6, 6.07) is 5.97. The van der Waals surface area contributed by atoms with Crippen molar-refractivity contribution < 1.29 is 23.1 Å². The van der Waals surface area contributed by atoms with Gasteiger partial charge in [-0.2, -0.15) is 18.3 Å². The minimum atomic E-state index is -4.50. The minimum Gasteiger partial charge on any atom is -0.390 e. The zero-order valence-corrected chi connectivity index (χ0v) is 24.4. The predicted octanol–water partition coefficient (Wildman–Crippen LogP) is 6.73. The first-order valence-electron chi connectivity index (χ1n) is 13.6. The molecule has 3 N–H and O–H groups in total. The molecule has 0 saturated carbocycles. The summed E-state index contributed by atoms with van der Waals surface area (Å²) in [5, 5.41) is 27.2. The number of aromatic nitrogens is 2. The Balaban J connectivity index is 1.92. The number of halogens is 4. The quantitative estimate of drug-likeness (QED) is 0.162. The van der Waals surface area contributed by atoms with Crippen LogP contribution >= 0.6 is 11.6 Å². The molecule has 1 atom stereocenters. The molecule has 0 fully saturated rings. The first-order chi connectivity index (χ1) is 19.3. The molecule has 2 aromatic rings. The maximum Gasteiger partial charge on any atom is 0.390 e. The number of nitrogens with zero attached hydrogens (tertiary/aromatic N) is 3. The molecule has 11 heteroatoms. The molecule has 0 bridgehead atoms. The van der Waals surface area contributed by atoms with Crippen LogP contribution in [0.15, 0.2) is 54.1 Å². The Kier molecular flexibility index (Phi) is 10.6. The lowest BCUT2D eigenvalue weighted by Gasteiger charge is -2.29. The van der Waals surface area contributed by atoms with Crippen LogP contribution in [0.25, 0.3) is 5.57 Å². The first kappa shape index (κ1) is 32.1.